The average Bonchev–Trinajstić information content (AvgIpc) is 3.31. The van der Waals surface area contributed by atoms with Gasteiger partial charge < -0.3 is 4.57 Å². The van der Waals surface area contributed by atoms with E-state index in [0.29, 0.717) is 0 Å². The maximum absolute atomic E-state index is 4.87. The molecule has 0 atom stereocenters. The number of thiophene rings is 1. The second-order valence-corrected chi connectivity index (χ2v) is 7.83. The number of hydrogen-bond acceptors (Lipinski definition) is 4. The zero-order valence-corrected chi connectivity index (χ0v) is 15.5. The van der Waals surface area contributed by atoms with Crippen molar-refractivity contribution in [2.24, 2.45) is 7.05 Å². The van der Waals surface area contributed by atoms with E-state index in [0.717, 1.165) is 36.8 Å². The molecule has 4 aromatic rings. The Labute approximate surface area is 156 Å². The molecule has 1 aromatic carbocycles. The van der Waals surface area contributed by atoms with Gasteiger partial charge in [-0.3, -0.25) is 4.90 Å². The Morgan fingerprint density at radius 1 is 1.15 bits per heavy atom. The van der Waals surface area contributed by atoms with Crippen LogP contribution in [0.25, 0.3) is 21.6 Å². The van der Waals surface area contributed by atoms with Gasteiger partial charge in [0.05, 0.1) is 10.6 Å². The van der Waals surface area contributed by atoms with E-state index >= 15 is 0 Å². The minimum absolute atomic E-state index is 0.853. The Morgan fingerprint density at radius 3 is 2.96 bits per heavy atom. The summed E-state index contributed by atoms with van der Waals surface area (Å²) in [6.45, 7) is 2.90. The lowest BCUT2D eigenvalue weighted by molar-refractivity contribution is 0.242. The first-order valence-electron chi connectivity index (χ1n) is 8.92. The van der Waals surface area contributed by atoms with Crippen LogP contribution in [0.3, 0.4) is 0 Å². The van der Waals surface area contributed by atoms with Gasteiger partial charge in [-0.05, 0) is 35.1 Å². The van der Waals surface area contributed by atoms with Crippen molar-refractivity contribution in [3.63, 3.8) is 0 Å². The lowest BCUT2D eigenvalue weighted by Gasteiger charge is -2.27. The predicted molar refractivity (Wildman–Crippen MR) is 106 cm³/mol. The molecule has 0 unspecified atom stereocenters. The third-order valence-electron chi connectivity index (χ3n) is 5.14. The zero-order valence-electron chi connectivity index (χ0n) is 14.7. The van der Waals surface area contributed by atoms with Gasteiger partial charge in [0.1, 0.15) is 0 Å². The molecule has 0 bridgehead atoms. The summed E-state index contributed by atoms with van der Waals surface area (Å²) in [4.78, 5) is 13.1. The number of hydrogen-bond donors (Lipinski definition) is 0. The molecular weight excluding hydrogens is 340 g/mol. The monoisotopic (exact) mass is 360 g/mol. The largest absolute Gasteiger partial charge is 0.350 e. The van der Waals surface area contributed by atoms with Crippen LogP contribution in [-0.4, -0.2) is 26.0 Å². The first-order chi connectivity index (χ1) is 12.8. The number of rotatable bonds is 3. The normalized spacial score (nSPS) is 14.7. The van der Waals surface area contributed by atoms with Crippen molar-refractivity contribution >= 4 is 22.2 Å². The molecule has 3 aromatic heterocycles. The zero-order chi connectivity index (χ0) is 17.5. The van der Waals surface area contributed by atoms with Crippen molar-refractivity contribution < 1.29 is 0 Å². The smallest absolute Gasteiger partial charge is 0.169 e. The Kier molecular flexibility index (Phi) is 3.84. The summed E-state index contributed by atoms with van der Waals surface area (Å²) in [5, 5.41) is 3.42. The minimum atomic E-state index is 0.853. The van der Waals surface area contributed by atoms with Gasteiger partial charge in [0.25, 0.3) is 0 Å². The van der Waals surface area contributed by atoms with Crippen molar-refractivity contribution in [1.29, 1.82) is 0 Å². The van der Waals surface area contributed by atoms with Gasteiger partial charge in [0.15, 0.2) is 5.82 Å². The standard InChI is InChI=1S/C21H20N4S/c1-24-12-16(17-5-2-3-6-19(17)24)13-25-9-8-15-11-22-21(23-18(15)14-25)20-7-4-10-26-20/h2-7,10-12H,8-9,13-14H2,1H3. The topological polar surface area (TPSA) is 34.0 Å². The Hall–Kier alpha value is -2.50. The maximum Gasteiger partial charge on any atom is 0.169 e. The molecule has 0 aliphatic carbocycles. The van der Waals surface area contributed by atoms with Crippen LogP contribution in [-0.2, 0) is 26.6 Å². The van der Waals surface area contributed by atoms with E-state index in [4.69, 9.17) is 4.98 Å². The van der Waals surface area contributed by atoms with Crippen molar-refractivity contribution in [1.82, 2.24) is 19.4 Å². The second kappa shape index (κ2) is 6.34. The van der Waals surface area contributed by atoms with E-state index < -0.39 is 0 Å². The highest BCUT2D eigenvalue weighted by Gasteiger charge is 2.20. The highest BCUT2D eigenvalue weighted by molar-refractivity contribution is 7.13. The van der Waals surface area contributed by atoms with E-state index in [9.17, 15) is 0 Å². The lowest BCUT2D eigenvalue weighted by atomic mass is 10.1. The summed E-state index contributed by atoms with van der Waals surface area (Å²) < 4.78 is 2.22. The van der Waals surface area contributed by atoms with Crippen LogP contribution < -0.4 is 0 Å². The van der Waals surface area contributed by atoms with E-state index in [1.807, 2.05) is 6.20 Å². The van der Waals surface area contributed by atoms with E-state index in [-0.39, 0.29) is 0 Å². The fourth-order valence-electron chi connectivity index (χ4n) is 3.81. The number of aryl methyl sites for hydroxylation is 1. The van der Waals surface area contributed by atoms with Gasteiger partial charge >= 0.3 is 0 Å². The van der Waals surface area contributed by atoms with Crippen LogP contribution in [0.4, 0.5) is 0 Å². The Morgan fingerprint density at radius 2 is 2.08 bits per heavy atom. The van der Waals surface area contributed by atoms with Gasteiger partial charge in [-0.2, -0.15) is 0 Å². The number of para-hydroxylation sites is 1. The van der Waals surface area contributed by atoms with Crippen molar-refractivity contribution in [3.8, 4) is 10.7 Å². The molecule has 0 radical (unpaired) electrons. The molecule has 4 heterocycles. The maximum atomic E-state index is 4.87. The van der Waals surface area contributed by atoms with E-state index in [1.54, 1.807) is 11.3 Å². The van der Waals surface area contributed by atoms with Crippen molar-refractivity contribution in [2.75, 3.05) is 6.54 Å². The lowest BCUT2D eigenvalue weighted by Crippen LogP contribution is -2.31. The molecule has 0 saturated carbocycles. The minimum Gasteiger partial charge on any atom is -0.350 e. The van der Waals surface area contributed by atoms with Crippen molar-refractivity contribution in [3.05, 3.63) is 71.0 Å². The number of aromatic nitrogens is 3. The summed E-state index contributed by atoms with van der Waals surface area (Å²) in [7, 11) is 2.12. The fourth-order valence-corrected chi connectivity index (χ4v) is 4.47. The average molecular weight is 360 g/mol. The van der Waals surface area contributed by atoms with Crippen LogP contribution in [0.5, 0.6) is 0 Å². The first-order valence-corrected chi connectivity index (χ1v) is 9.80. The molecule has 26 heavy (non-hydrogen) atoms. The van der Waals surface area contributed by atoms with Gasteiger partial charge in [-0.15, -0.1) is 11.3 Å². The molecule has 1 aliphatic rings. The van der Waals surface area contributed by atoms with Crippen LogP contribution in [0, 0.1) is 0 Å². The van der Waals surface area contributed by atoms with Gasteiger partial charge in [-0.25, -0.2) is 9.97 Å². The molecule has 0 N–H and O–H groups in total. The Bertz CT molecular complexity index is 1070. The van der Waals surface area contributed by atoms with E-state index in [1.165, 1.54) is 27.7 Å². The van der Waals surface area contributed by atoms with E-state index in [2.05, 4.69) is 69.5 Å². The first kappa shape index (κ1) is 15.7. The van der Waals surface area contributed by atoms with Gasteiger partial charge in [0.2, 0.25) is 0 Å². The molecule has 0 fully saturated rings. The molecule has 0 saturated heterocycles. The quantitative estimate of drug-likeness (QED) is 0.547. The van der Waals surface area contributed by atoms with Crippen LogP contribution in [0.1, 0.15) is 16.8 Å². The summed E-state index contributed by atoms with van der Waals surface area (Å²) in [5.41, 5.74) is 5.15. The molecule has 0 amide bonds. The highest BCUT2D eigenvalue weighted by atomic mass is 32.1. The number of benzene rings is 1. The summed E-state index contributed by atoms with van der Waals surface area (Å²) in [6.07, 6.45) is 5.30. The molecule has 1 aliphatic heterocycles. The number of nitrogens with zero attached hydrogens (tertiary/aromatic N) is 4. The second-order valence-electron chi connectivity index (χ2n) is 6.89. The molecule has 0 spiro atoms. The SMILES string of the molecule is Cn1cc(CN2CCc3cnc(-c4cccs4)nc3C2)c2ccccc21. The van der Waals surface area contributed by atoms with Crippen molar-refractivity contribution in [2.45, 2.75) is 19.5 Å². The Balaban J connectivity index is 1.42. The highest BCUT2D eigenvalue weighted by Crippen LogP contribution is 2.26. The molecule has 4 nitrogen and oxygen atoms in total. The van der Waals surface area contributed by atoms with Crippen LogP contribution >= 0.6 is 11.3 Å². The molecule has 5 heteroatoms. The van der Waals surface area contributed by atoms with Crippen LogP contribution in [0.2, 0.25) is 0 Å². The fraction of sp³-hybridized carbons (Fsp3) is 0.238. The molecule has 130 valence electrons. The third kappa shape index (κ3) is 2.73. The molecular formula is C21H20N4S. The predicted octanol–water partition coefficient (Wildman–Crippen LogP) is 4.26. The molecule has 5 rings (SSSR count). The summed E-state index contributed by atoms with van der Waals surface area (Å²) in [5.74, 6) is 0.853. The van der Waals surface area contributed by atoms with Gasteiger partial charge in [0, 0.05) is 50.0 Å². The van der Waals surface area contributed by atoms with Crippen LogP contribution in [0.15, 0.2) is 54.2 Å². The van der Waals surface area contributed by atoms with Gasteiger partial charge in [-0.1, -0.05) is 24.3 Å². The number of fused-ring (bicyclic) bond motifs is 2. The third-order valence-corrected chi connectivity index (χ3v) is 6.01. The summed E-state index contributed by atoms with van der Waals surface area (Å²) in [6, 6.07) is 12.8. The summed E-state index contributed by atoms with van der Waals surface area (Å²) >= 11 is 1.69.